The quantitative estimate of drug-likeness (QED) is 0.296. The zero-order valence-corrected chi connectivity index (χ0v) is 15.6. The van der Waals surface area contributed by atoms with E-state index < -0.39 is 0 Å². The number of para-hydroxylation sites is 2. The molecule has 0 amide bonds. The van der Waals surface area contributed by atoms with E-state index in [-0.39, 0.29) is 0 Å². The molecule has 0 saturated carbocycles. The third-order valence-corrected chi connectivity index (χ3v) is 5.52. The van der Waals surface area contributed by atoms with Crippen LogP contribution in [0.25, 0.3) is 38.6 Å². The number of hydrogen-bond acceptors (Lipinski definition) is 0. The minimum absolute atomic E-state index is 1.12. The maximum atomic E-state index is 3.80. The van der Waals surface area contributed by atoms with Crippen LogP contribution in [0.15, 0.2) is 102 Å². The van der Waals surface area contributed by atoms with Gasteiger partial charge < -0.3 is 4.57 Å². The third-order valence-electron chi connectivity index (χ3n) is 4.86. The second kappa shape index (κ2) is 6.15. The smallest absolute Gasteiger partial charge is 0.0548 e. The van der Waals surface area contributed by atoms with Gasteiger partial charge in [0.15, 0.2) is 0 Å². The van der Waals surface area contributed by atoms with Gasteiger partial charge in [0.1, 0.15) is 0 Å². The van der Waals surface area contributed by atoms with Gasteiger partial charge in [0.05, 0.1) is 11.0 Å². The molecule has 1 heterocycles. The summed E-state index contributed by atoms with van der Waals surface area (Å²) in [7, 11) is 0. The van der Waals surface area contributed by atoms with Gasteiger partial charge in [0.25, 0.3) is 0 Å². The van der Waals surface area contributed by atoms with Crippen molar-refractivity contribution in [2.24, 2.45) is 0 Å². The van der Waals surface area contributed by atoms with Gasteiger partial charge in [0.2, 0.25) is 0 Å². The summed E-state index contributed by atoms with van der Waals surface area (Å²) in [5.41, 5.74) is 6.05. The van der Waals surface area contributed by atoms with Crippen molar-refractivity contribution >= 4 is 37.7 Å². The summed E-state index contributed by atoms with van der Waals surface area (Å²) < 4.78 is 3.47. The van der Waals surface area contributed by atoms with Gasteiger partial charge in [-0.2, -0.15) is 0 Å². The molecule has 0 spiro atoms. The van der Waals surface area contributed by atoms with E-state index in [1.54, 1.807) is 0 Å². The topological polar surface area (TPSA) is 4.93 Å². The molecule has 2 heteroatoms. The van der Waals surface area contributed by atoms with Gasteiger partial charge in [-0.15, -0.1) is 0 Å². The molecule has 0 radical (unpaired) electrons. The van der Waals surface area contributed by atoms with Gasteiger partial charge in [0, 0.05) is 20.9 Å². The van der Waals surface area contributed by atoms with E-state index in [2.05, 4.69) is 118 Å². The fourth-order valence-corrected chi connectivity index (χ4v) is 4.26. The first kappa shape index (κ1) is 15.4. The predicted molar refractivity (Wildman–Crippen MR) is 114 cm³/mol. The third kappa shape index (κ3) is 2.38. The van der Waals surface area contributed by atoms with Gasteiger partial charge in [-0.05, 0) is 41.5 Å². The standard InChI is InChI=1S/C24H16BrN/c25-22-15-21-19-13-7-8-14-23(19)26(18-11-5-2-6-12-18)24(21)16-20(22)17-9-3-1-4-10-17/h1-16H. The molecule has 0 saturated heterocycles. The van der Waals surface area contributed by atoms with E-state index in [9.17, 15) is 0 Å². The minimum atomic E-state index is 1.12. The van der Waals surface area contributed by atoms with Crippen LogP contribution in [-0.2, 0) is 0 Å². The Hall–Kier alpha value is -2.84. The summed E-state index contributed by atoms with van der Waals surface area (Å²) in [6.07, 6.45) is 0. The van der Waals surface area contributed by atoms with Gasteiger partial charge in [-0.25, -0.2) is 0 Å². The SMILES string of the molecule is Brc1cc2c3ccccc3n(-c3ccccc3)c2cc1-c1ccccc1. The van der Waals surface area contributed by atoms with Crippen molar-refractivity contribution in [1.82, 2.24) is 4.57 Å². The Labute approximate surface area is 160 Å². The van der Waals surface area contributed by atoms with Crippen molar-refractivity contribution < 1.29 is 0 Å². The largest absolute Gasteiger partial charge is 0.309 e. The van der Waals surface area contributed by atoms with Crippen LogP contribution in [0.4, 0.5) is 0 Å². The summed E-state index contributed by atoms with van der Waals surface area (Å²) in [5, 5.41) is 2.53. The summed E-state index contributed by atoms with van der Waals surface area (Å²) >= 11 is 3.80. The number of rotatable bonds is 2. The highest BCUT2D eigenvalue weighted by atomic mass is 79.9. The first-order valence-corrected chi connectivity index (χ1v) is 9.46. The van der Waals surface area contributed by atoms with E-state index >= 15 is 0 Å². The molecule has 0 aliphatic rings. The maximum Gasteiger partial charge on any atom is 0.0548 e. The zero-order chi connectivity index (χ0) is 17.5. The summed E-state index contributed by atoms with van der Waals surface area (Å²) in [6.45, 7) is 0. The van der Waals surface area contributed by atoms with E-state index in [1.807, 2.05) is 0 Å². The lowest BCUT2D eigenvalue weighted by atomic mass is 10.0. The van der Waals surface area contributed by atoms with Gasteiger partial charge in [-0.1, -0.05) is 82.7 Å². The van der Waals surface area contributed by atoms with Crippen LogP contribution >= 0.6 is 15.9 Å². The monoisotopic (exact) mass is 397 g/mol. The number of fused-ring (bicyclic) bond motifs is 3. The van der Waals surface area contributed by atoms with Crippen LogP contribution in [0.5, 0.6) is 0 Å². The molecule has 0 N–H and O–H groups in total. The Morgan fingerprint density at radius 3 is 2.00 bits per heavy atom. The van der Waals surface area contributed by atoms with Crippen molar-refractivity contribution in [3.8, 4) is 16.8 Å². The average molecular weight is 398 g/mol. The maximum absolute atomic E-state index is 3.80. The highest BCUT2D eigenvalue weighted by molar-refractivity contribution is 9.10. The first-order chi connectivity index (χ1) is 12.8. The number of nitrogens with zero attached hydrogens (tertiary/aromatic N) is 1. The Morgan fingerprint density at radius 2 is 1.23 bits per heavy atom. The van der Waals surface area contributed by atoms with Crippen LogP contribution in [0.2, 0.25) is 0 Å². The molecular weight excluding hydrogens is 382 g/mol. The summed E-state index contributed by atoms with van der Waals surface area (Å²) in [6, 6.07) is 34.2. The summed E-state index contributed by atoms with van der Waals surface area (Å²) in [4.78, 5) is 0. The first-order valence-electron chi connectivity index (χ1n) is 8.66. The average Bonchev–Trinajstić information content (AvgIpc) is 3.02. The fraction of sp³-hybridized carbons (Fsp3) is 0. The highest BCUT2D eigenvalue weighted by Crippen LogP contribution is 2.38. The molecule has 0 unspecified atom stereocenters. The molecule has 0 aliphatic carbocycles. The molecule has 0 atom stereocenters. The van der Waals surface area contributed by atoms with Crippen molar-refractivity contribution in [1.29, 1.82) is 0 Å². The van der Waals surface area contributed by atoms with Gasteiger partial charge >= 0.3 is 0 Å². The lowest BCUT2D eigenvalue weighted by molar-refractivity contribution is 1.18. The Balaban J connectivity index is 1.92. The number of hydrogen-bond donors (Lipinski definition) is 0. The summed E-state index contributed by atoms with van der Waals surface area (Å²) in [5.74, 6) is 0. The molecule has 124 valence electrons. The van der Waals surface area contributed by atoms with Crippen LogP contribution in [-0.4, -0.2) is 4.57 Å². The molecule has 1 aromatic heterocycles. The van der Waals surface area contributed by atoms with Crippen molar-refractivity contribution in [3.63, 3.8) is 0 Å². The Morgan fingerprint density at radius 1 is 0.577 bits per heavy atom. The van der Waals surface area contributed by atoms with Crippen molar-refractivity contribution in [3.05, 3.63) is 102 Å². The van der Waals surface area contributed by atoms with Crippen LogP contribution in [0, 0.1) is 0 Å². The van der Waals surface area contributed by atoms with Crippen LogP contribution < -0.4 is 0 Å². The molecule has 26 heavy (non-hydrogen) atoms. The lowest BCUT2D eigenvalue weighted by Crippen LogP contribution is -1.93. The van der Waals surface area contributed by atoms with Crippen molar-refractivity contribution in [2.45, 2.75) is 0 Å². The fourth-order valence-electron chi connectivity index (χ4n) is 3.68. The van der Waals surface area contributed by atoms with Crippen molar-refractivity contribution in [2.75, 3.05) is 0 Å². The highest BCUT2D eigenvalue weighted by Gasteiger charge is 2.15. The number of benzene rings is 4. The van der Waals surface area contributed by atoms with E-state index in [1.165, 1.54) is 38.6 Å². The molecule has 0 aliphatic heterocycles. The molecule has 1 nitrogen and oxygen atoms in total. The molecule has 0 bridgehead atoms. The molecular formula is C24H16BrN. The Kier molecular flexibility index (Phi) is 3.65. The second-order valence-corrected chi connectivity index (χ2v) is 7.26. The minimum Gasteiger partial charge on any atom is -0.309 e. The van der Waals surface area contributed by atoms with E-state index in [0.717, 1.165) is 4.47 Å². The lowest BCUT2D eigenvalue weighted by Gasteiger charge is -2.10. The predicted octanol–water partition coefficient (Wildman–Crippen LogP) is 7.21. The Bertz CT molecular complexity index is 1220. The van der Waals surface area contributed by atoms with Crippen LogP contribution in [0.3, 0.4) is 0 Å². The number of halogens is 1. The van der Waals surface area contributed by atoms with E-state index in [4.69, 9.17) is 0 Å². The molecule has 5 rings (SSSR count). The normalized spacial score (nSPS) is 11.3. The molecule has 5 aromatic rings. The number of aromatic nitrogens is 1. The van der Waals surface area contributed by atoms with Crippen LogP contribution in [0.1, 0.15) is 0 Å². The zero-order valence-electron chi connectivity index (χ0n) is 14.1. The second-order valence-electron chi connectivity index (χ2n) is 6.40. The molecule has 4 aromatic carbocycles. The van der Waals surface area contributed by atoms with E-state index in [0.29, 0.717) is 0 Å². The molecule has 0 fully saturated rings. The van der Waals surface area contributed by atoms with Gasteiger partial charge in [-0.3, -0.25) is 0 Å².